The van der Waals surface area contributed by atoms with Crippen molar-refractivity contribution in [3.05, 3.63) is 158 Å². The van der Waals surface area contributed by atoms with Gasteiger partial charge in [-0.2, -0.15) is 0 Å². The number of hydrogen-bond donors (Lipinski definition) is 0. The van der Waals surface area contributed by atoms with Crippen molar-refractivity contribution < 1.29 is 0 Å². The maximum absolute atomic E-state index is 5.08. The van der Waals surface area contributed by atoms with Crippen molar-refractivity contribution in [2.24, 2.45) is 0 Å². The minimum absolute atomic E-state index is 0.701. The van der Waals surface area contributed by atoms with Crippen LogP contribution in [0.15, 0.2) is 158 Å². The smallest absolute Gasteiger partial charge is 0.160 e. The molecule has 0 amide bonds. The third kappa shape index (κ3) is 4.55. The van der Waals surface area contributed by atoms with Crippen molar-refractivity contribution in [3.63, 3.8) is 0 Å². The summed E-state index contributed by atoms with van der Waals surface area (Å²) < 4.78 is 2.28. The van der Waals surface area contributed by atoms with Crippen LogP contribution in [0, 0.1) is 0 Å². The predicted octanol–water partition coefficient (Wildman–Crippen LogP) is 9.64. The van der Waals surface area contributed by atoms with Gasteiger partial charge in [-0.05, 0) is 47.5 Å². The summed E-state index contributed by atoms with van der Waals surface area (Å²) in [5.74, 6) is 0.701. The molecule has 0 spiro atoms. The molecule has 0 bridgehead atoms. The Bertz CT molecular complexity index is 2160. The molecule has 3 heterocycles. The maximum atomic E-state index is 5.08. The van der Waals surface area contributed by atoms with Crippen LogP contribution in [0.2, 0.25) is 0 Å². The standard InChI is InChI=1S/C39H26N4/c1-3-11-27(12-4-1)28-20-22-29(23-21-28)34-26-35(42-39(41-34)30-13-5-2-6-14-30)31-15-9-16-32(25-31)43-36-18-8-7-17-33(36)38-37(43)19-10-24-40-38/h1-26H. The van der Waals surface area contributed by atoms with Crippen molar-refractivity contribution in [1.29, 1.82) is 0 Å². The first kappa shape index (κ1) is 24.9. The van der Waals surface area contributed by atoms with Crippen LogP contribution in [0.4, 0.5) is 0 Å². The van der Waals surface area contributed by atoms with E-state index in [9.17, 15) is 0 Å². The molecule has 4 nitrogen and oxygen atoms in total. The van der Waals surface area contributed by atoms with E-state index in [2.05, 4.69) is 126 Å². The number of rotatable bonds is 5. The van der Waals surface area contributed by atoms with Crippen molar-refractivity contribution in [3.8, 4) is 50.7 Å². The largest absolute Gasteiger partial charge is 0.308 e. The molecule has 8 rings (SSSR count). The summed E-state index contributed by atoms with van der Waals surface area (Å²) in [6, 6.07) is 52.4. The number of nitrogens with zero attached hydrogens (tertiary/aromatic N) is 4. The lowest BCUT2D eigenvalue weighted by atomic mass is 10.0. The molecule has 5 aromatic carbocycles. The Morgan fingerprint density at radius 3 is 1.81 bits per heavy atom. The molecule has 3 aromatic heterocycles. The van der Waals surface area contributed by atoms with Crippen molar-refractivity contribution in [2.75, 3.05) is 0 Å². The monoisotopic (exact) mass is 550 g/mol. The average molecular weight is 551 g/mol. The highest BCUT2D eigenvalue weighted by molar-refractivity contribution is 6.07. The van der Waals surface area contributed by atoms with Gasteiger partial charge in [-0.15, -0.1) is 0 Å². The second kappa shape index (κ2) is 10.5. The normalized spacial score (nSPS) is 11.3. The molecule has 0 fully saturated rings. The maximum Gasteiger partial charge on any atom is 0.160 e. The van der Waals surface area contributed by atoms with Gasteiger partial charge in [0.05, 0.1) is 27.9 Å². The van der Waals surface area contributed by atoms with Gasteiger partial charge in [-0.3, -0.25) is 4.98 Å². The van der Waals surface area contributed by atoms with E-state index in [0.717, 1.165) is 55.7 Å². The van der Waals surface area contributed by atoms with Gasteiger partial charge < -0.3 is 4.57 Å². The van der Waals surface area contributed by atoms with Crippen LogP contribution >= 0.6 is 0 Å². The molecule has 0 atom stereocenters. The number of para-hydroxylation sites is 1. The van der Waals surface area contributed by atoms with E-state index >= 15 is 0 Å². The zero-order valence-electron chi connectivity index (χ0n) is 23.3. The van der Waals surface area contributed by atoms with Gasteiger partial charge in [0.1, 0.15) is 0 Å². The van der Waals surface area contributed by atoms with Crippen molar-refractivity contribution >= 4 is 21.9 Å². The summed E-state index contributed by atoms with van der Waals surface area (Å²) >= 11 is 0. The van der Waals surface area contributed by atoms with Gasteiger partial charge in [0.2, 0.25) is 0 Å². The third-order valence-corrected chi connectivity index (χ3v) is 7.87. The Morgan fingerprint density at radius 1 is 0.419 bits per heavy atom. The fraction of sp³-hybridized carbons (Fsp3) is 0. The van der Waals surface area contributed by atoms with E-state index in [1.54, 1.807) is 0 Å². The van der Waals surface area contributed by atoms with Crippen LogP contribution in [0.25, 0.3) is 72.7 Å². The second-order valence-electron chi connectivity index (χ2n) is 10.5. The first-order chi connectivity index (χ1) is 21.3. The van der Waals surface area contributed by atoms with Gasteiger partial charge in [-0.1, -0.05) is 115 Å². The summed E-state index contributed by atoms with van der Waals surface area (Å²) in [6.07, 6.45) is 1.86. The highest BCUT2D eigenvalue weighted by atomic mass is 15.0. The summed E-state index contributed by atoms with van der Waals surface area (Å²) in [6.45, 7) is 0. The first-order valence-electron chi connectivity index (χ1n) is 14.4. The highest BCUT2D eigenvalue weighted by Gasteiger charge is 2.15. The second-order valence-corrected chi connectivity index (χ2v) is 10.5. The number of fused-ring (bicyclic) bond motifs is 3. The van der Waals surface area contributed by atoms with E-state index in [4.69, 9.17) is 15.0 Å². The summed E-state index contributed by atoms with van der Waals surface area (Å²) in [7, 11) is 0. The van der Waals surface area contributed by atoms with Crippen LogP contribution in [0.3, 0.4) is 0 Å². The number of aromatic nitrogens is 4. The zero-order valence-corrected chi connectivity index (χ0v) is 23.3. The topological polar surface area (TPSA) is 43.6 Å². The molecule has 0 aliphatic heterocycles. The highest BCUT2D eigenvalue weighted by Crippen LogP contribution is 2.33. The lowest BCUT2D eigenvalue weighted by Gasteiger charge is -2.12. The van der Waals surface area contributed by atoms with Crippen LogP contribution < -0.4 is 0 Å². The number of hydrogen-bond acceptors (Lipinski definition) is 3. The van der Waals surface area contributed by atoms with Crippen LogP contribution in [0.1, 0.15) is 0 Å². The van der Waals surface area contributed by atoms with Crippen LogP contribution in [0.5, 0.6) is 0 Å². The van der Waals surface area contributed by atoms with Crippen LogP contribution in [-0.4, -0.2) is 19.5 Å². The van der Waals surface area contributed by atoms with Gasteiger partial charge in [-0.25, -0.2) is 9.97 Å². The fourth-order valence-electron chi connectivity index (χ4n) is 5.79. The zero-order chi connectivity index (χ0) is 28.6. The minimum Gasteiger partial charge on any atom is -0.308 e. The van der Waals surface area contributed by atoms with E-state index in [0.29, 0.717) is 5.82 Å². The van der Waals surface area contributed by atoms with E-state index in [1.807, 2.05) is 36.5 Å². The van der Waals surface area contributed by atoms with Crippen LogP contribution in [-0.2, 0) is 0 Å². The average Bonchev–Trinajstić information content (AvgIpc) is 3.43. The molecule has 0 saturated carbocycles. The lowest BCUT2D eigenvalue weighted by Crippen LogP contribution is -1.98. The molecular formula is C39H26N4. The van der Waals surface area contributed by atoms with Crippen molar-refractivity contribution in [2.45, 2.75) is 0 Å². The van der Waals surface area contributed by atoms with E-state index in [-0.39, 0.29) is 0 Å². The van der Waals surface area contributed by atoms with Gasteiger partial charge >= 0.3 is 0 Å². The van der Waals surface area contributed by atoms with E-state index in [1.165, 1.54) is 11.1 Å². The van der Waals surface area contributed by atoms with Gasteiger partial charge in [0.15, 0.2) is 5.82 Å². The minimum atomic E-state index is 0.701. The molecule has 0 unspecified atom stereocenters. The molecule has 0 radical (unpaired) electrons. The fourth-order valence-corrected chi connectivity index (χ4v) is 5.79. The Kier molecular flexibility index (Phi) is 6.08. The summed E-state index contributed by atoms with van der Waals surface area (Å²) in [5, 5.41) is 1.14. The first-order valence-corrected chi connectivity index (χ1v) is 14.4. The van der Waals surface area contributed by atoms with Gasteiger partial charge in [0, 0.05) is 34.0 Å². The Morgan fingerprint density at radius 2 is 1.02 bits per heavy atom. The molecule has 4 heteroatoms. The Hall–Kier alpha value is -5.87. The molecule has 8 aromatic rings. The molecule has 43 heavy (non-hydrogen) atoms. The SMILES string of the molecule is c1ccc(-c2ccc(-c3cc(-c4cccc(-n5c6ccccc6c6ncccc65)c4)nc(-c4ccccc4)n3)cc2)cc1. The Balaban J connectivity index is 1.27. The molecule has 0 saturated heterocycles. The number of benzene rings is 5. The van der Waals surface area contributed by atoms with Gasteiger partial charge in [0.25, 0.3) is 0 Å². The molecule has 202 valence electrons. The molecule has 0 N–H and O–H groups in total. The number of pyridine rings is 1. The lowest BCUT2D eigenvalue weighted by molar-refractivity contribution is 1.16. The molecular weight excluding hydrogens is 524 g/mol. The molecule has 0 aliphatic rings. The quantitative estimate of drug-likeness (QED) is 0.214. The van der Waals surface area contributed by atoms with Crippen molar-refractivity contribution in [1.82, 2.24) is 19.5 Å². The predicted molar refractivity (Wildman–Crippen MR) is 176 cm³/mol. The summed E-state index contributed by atoms with van der Waals surface area (Å²) in [5.41, 5.74) is 11.4. The Labute approximate surface area is 249 Å². The molecule has 0 aliphatic carbocycles. The summed E-state index contributed by atoms with van der Waals surface area (Å²) in [4.78, 5) is 14.8. The third-order valence-electron chi connectivity index (χ3n) is 7.87. The van der Waals surface area contributed by atoms with E-state index < -0.39 is 0 Å².